The van der Waals surface area contributed by atoms with Crippen LogP contribution in [0.25, 0.3) is 0 Å². The van der Waals surface area contributed by atoms with E-state index >= 15 is 0 Å². The number of thiophene rings is 1. The van der Waals surface area contributed by atoms with Crippen LogP contribution in [0.2, 0.25) is 0 Å². The first-order valence-corrected chi connectivity index (χ1v) is 5.76. The van der Waals surface area contributed by atoms with E-state index in [0.29, 0.717) is 11.5 Å². The molecule has 0 radical (unpaired) electrons. The molecule has 0 saturated heterocycles. The molecule has 4 heteroatoms. The molecule has 1 aromatic heterocycles. The van der Waals surface area contributed by atoms with Crippen molar-refractivity contribution in [2.24, 2.45) is 0 Å². The van der Waals surface area contributed by atoms with Crippen LogP contribution in [0, 0.1) is 0 Å². The third-order valence-electron chi connectivity index (χ3n) is 2.49. The maximum Gasteiger partial charge on any atom is 0.338 e. The van der Waals surface area contributed by atoms with Gasteiger partial charge < -0.3 is 5.11 Å². The summed E-state index contributed by atoms with van der Waals surface area (Å²) in [5.74, 6) is -0.401. The van der Waals surface area contributed by atoms with E-state index in [1.54, 1.807) is 11.3 Å². The van der Waals surface area contributed by atoms with Gasteiger partial charge in [0.2, 0.25) is 0 Å². The van der Waals surface area contributed by atoms with Gasteiger partial charge in [0.1, 0.15) is 0 Å². The van der Waals surface area contributed by atoms with Crippen molar-refractivity contribution in [2.45, 2.75) is 25.7 Å². The molecule has 2 rings (SSSR count). The molecular weight excluding hydrogens is 252 g/mol. The topological polar surface area (TPSA) is 37.3 Å². The third kappa shape index (κ3) is 1.32. The lowest BCUT2D eigenvalue weighted by atomic mass is 10.0. The zero-order valence-electron chi connectivity index (χ0n) is 7.13. The Bertz CT molecular complexity index is 370. The highest BCUT2D eigenvalue weighted by molar-refractivity contribution is 9.11. The Balaban J connectivity index is 2.61. The molecule has 1 aliphatic carbocycles. The number of hydrogen-bond donors (Lipinski definition) is 1. The number of rotatable bonds is 1. The highest BCUT2D eigenvalue weighted by Gasteiger charge is 2.29. The summed E-state index contributed by atoms with van der Waals surface area (Å²) in [4.78, 5) is 12.2. The zero-order valence-corrected chi connectivity index (χ0v) is 9.54. The number of aromatic carboxylic acids is 1. The van der Waals surface area contributed by atoms with Crippen LogP contribution >= 0.6 is 27.3 Å². The van der Waals surface area contributed by atoms with E-state index in [1.165, 1.54) is 4.88 Å². The maximum atomic E-state index is 11.0. The van der Waals surface area contributed by atoms with Gasteiger partial charge in [0, 0.05) is 4.88 Å². The van der Waals surface area contributed by atoms with Crippen LogP contribution in [0.4, 0.5) is 0 Å². The van der Waals surface area contributed by atoms with Gasteiger partial charge in [-0.25, -0.2) is 4.79 Å². The normalized spacial score (nSPS) is 20.3. The summed E-state index contributed by atoms with van der Waals surface area (Å²) in [7, 11) is 0. The van der Waals surface area contributed by atoms with E-state index in [2.05, 4.69) is 22.9 Å². The van der Waals surface area contributed by atoms with E-state index < -0.39 is 5.97 Å². The molecule has 1 heterocycles. The zero-order chi connectivity index (χ0) is 9.59. The van der Waals surface area contributed by atoms with E-state index in [1.807, 2.05) is 0 Å². The van der Waals surface area contributed by atoms with Crippen molar-refractivity contribution in [1.82, 2.24) is 0 Å². The molecule has 1 N–H and O–H groups in total. The summed E-state index contributed by atoms with van der Waals surface area (Å²) >= 11 is 4.88. The molecule has 1 unspecified atom stereocenters. The Morgan fingerprint density at radius 2 is 2.38 bits per heavy atom. The number of carboxylic acids is 1. The van der Waals surface area contributed by atoms with Crippen LogP contribution in [0.15, 0.2) is 3.79 Å². The number of halogens is 1. The van der Waals surface area contributed by atoms with Crippen molar-refractivity contribution in [3.8, 4) is 0 Å². The largest absolute Gasteiger partial charge is 0.478 e. The summed E-state index contributed by atoms with van der Waals surface area (Å²) < 4.78 is 0.775. The van der Waals surface area contributed by atoms with Gasteiger partial charge in [-0.3, -0.25) is 0 Å². The molecule has 0 fully saturated rings. The lowest BCUT2D eigenvalue weighted by Crippen LogP contribution is -2.00. The second kappa shape index (κ2) is 3.10. The maximum absolute atomic E-state index is 11.0. The Morgan fingerprint density at radius 1 is 1.69 bits per heavy atom. The minimum Gasteiger partial charge on any atom is -0.478 e. The second-order valence-electron chi connectivity index (χ2n) is 3.33. The third-order valence-corrected chi connectivity index (χ3v) is 4.43. The first-order valence-electron chi connectivity index (χ1n) is 4.15. The predicted molar refractivity (Wildman–Crippen MR) is 55.7 cm³/mol. The standard InChI is InChI=1S/C9H9BrO2S/c1-4-2-3-5-6(4)7(9(11)12)8(10)13-5/h4H,2-3H2,1H3,(H,11,12). The number of carbonyl (C=O) groups is 1. The monoisotopic (exact) mass is 260 g/mol. The second-order valence-corrected chi connectivity index (χ2v) is 5.76. The molecule has 1 aromatic rings. The number of fused-ring (bicyclic) bond motifs is 1. The summed E-state index contributed by atoms with van der Waals surface area (Å²) in [6.45, 7) is 2.09. The van der Waals surface area contributed by atoms with Crippen molar-refractivity contribution in [2.75, 3.05) is 0 Å². The van der Waals surface area contributed by atoms with E-state index in [0.717, 1.165) is 22.2 Å². The minimum absolute atomic E-state index is 0.406. The van der Waals surface area contributed by atoms with Crippen molar-refractivity contribution in [3.05, 3.63) is 19.8 Å². The van der Waals surface area contributed by atoms with E-state index in [9.17, 15) is 4.79 Å². The molecule has 0 aliphatic heterocycles. The van der Waals surface area contributed by atoms with E-state index in [-0.39, 0.29) is 0 Å². The molecule has 70 valence electrons. The van der Waals surface area contributed by atoms with Gasteiger partial charge in [-0.15, -0.1) is 11.3 Å². The molecule has 0 amide bonds. The Morgan fingerprint density at radius 3 is 3.00 bits per heavy atom. The number of carboxylic acid groups (broad SMARTS) is 1. The highest BCUT2D eigenvalue weighted by atomic mass is 79.9. The van der Waals surface area contributed by atoms with Crippen molar-refractivity contribution < 1.29 is 9.90 Å². The molecule has 0 spiro atoms. The quantitative estimate of drug-likeness (QED) is 0.842. The average Bonchev–Trinajstić information content (AvgIpc) is 2.51. The summed E-state index contributed by atoms with van der Waals surface area (Å²) in [5.41, 5.74) is 1.55. The smallest absolute Gasteiger partial charge is 0.338 e. The minimum atomic E-state index is -0.807. The first kappa shape index (κ1) is 9.21. The molecular formula is C9H9BrO2S. The molecule has 0 aromatic carbocycles. The molecule has 2 nitrogen and oxygen atoms in total. The first-order chi connectivity index (χ1) is 6.11. The fraction of sp³-hybridized carbons (Fsp3) is 0.444. The SMILES string of the molecule is CC1CCc2sc(Br)c(C(=O)O)c21. The summed E-state index contributed by atoms with van der Waals surface area (Å²) in [6, 6.07) is 0. The lowest BCUT2D eigenvalue weighted by Gasteiger charge is -2.03. The average molecular weight is 261 g/mol. The van der Waals surface area contributed by atoms with Gasteiger partial charge in [-0.1, -0.05) is 6.92 Å². The Kier molecular flexibility index (Phi) is 2.20. The van der Waals surface area contributed by atoms with Crippen LogP contribution in [-0.4, -0.2) is 11.1 Å². The van der Waals surface area contributed by atoms with Crippen molar-refractivity contribution in [3.63, 3.8) is 0 Å². The van der Waals surface area contributed by atoms with Crippen LogP contribution in [0.5, 0.6) is 0 Å². The van der Waals surface area contributed by atoms with Crippen LogP contribution in [0.1, 0.15) is 40.1 Å². The molecule has 0 bridgehead atoms. The number of hydrogen-bond acceptors (Lipinski definition) is 2. The summed E-state index contributed by atoms with van der Waals surface area (Å²) in [6.07, 6.45) is 2.13. The van der Waals surface area contributed by atoms with Gasteiger partial charge in [0.15, 0.2) is 0 Å². The Hall–Kier alpha value is -0.350. The highest BCUT2D eigenvalue weighted by Crippen LogP contribution is 2.44. The van der Waals surface area contributed by atoms with Gasteiger partial charge in [-0.2, -0.15) is 0 Å². The lowest BCUT2D eigenvalue weighted by molar-refractivity contribution is 0.0695. The van der Waals surface area contributed by atoms with Gasteiger partial charge in [0.25, 0.3) is 0 Å². The van der Waals surface area contributed by atoms with Gasteiger partial charge in [-0.05, 0) is 40.3 Å². The fourth-order valence-corrected chi connectivity index (χ4v) is 3.98. The van der Waals surface area contributed by atoms with Gasteiger partial charge >= 0.3 is 5.97 Å². The number of aryl methyl sites for hydroxylation is 1. The predicted octanol–water partition coefficient (Wildman–Crippen LogP) is 3.26. The molecule has 0 saturated carbocycles. The fourth-order valence-electron chi connectivity index (χ4n) is 1.86. The summed E-state index contributed by atoms with van der Waals surface area (Å²) in [5, 5.41) is 9.01. The van der Waals surface area contributed by atoms with Gasteiger partial charge in [0.05, 0.1) is 9.35 Å². The van der Waals surface area contributed by atoms with Crippen LogP contribution in [-0.2, 0) is 6.42 Å². The molecule has 1 aliphatic rings. The van der Waals surface area contributed by atoms with E-state index in [4.69, 9.17) is 5.11 Å². The Labute approximate surface area is 88.7 Å². The van der Waals surface area contributed by atoms with Crippen LogP contribution < -0.4 is 0 Å². The van der Waals surface area contributed by atoms with Crippen molar-refractivity contribution >= 4 is 33.2 Å². The van der Waals surface area contributed by atoms with Crippen molar-refractivity contribution in [1.29, 1.82) is 0 Å². The van der Waals surface area contributed by atoms with Crippen LogP contribution in [0.3, 0.4) is 0 Å². The molecule has 13 heavy (non-hydrogen) atoms. The molecule has 1 atom stereocenters.